The molecule has 0 spiro atoms. The molecule has 3 aromatic rings. The van der Waals surface area contributed by atoms with Crippen molar-refractivity contribution in [2.45, 2.75) is 6.18 Å². The topological polar surface area (TPSA) is 34.9 Å². The minimum absolute atomic E-state index is 0.00189. The zero-order valence-electron chi connectivity index (χ0n) is 12.1. The molecule has 3 nitrogen and oxygen atoms in total. The van der Waals surface area contributed by atoms with Crippen molar-refractivity contribution in [1.82, 2.24) is 9.55 Å². The van der Waals surface area contributed by atoms with E-state index in [1.807, 2.05) is 0 Å². The molecule has 24 heavy (non-hydrogen) atoms. The Kier molecular flexibility index (Phi) is 3.92. The van der Waals surface area contributed by atoms with E-state index in [-0.39, 0.29) is 22.5 Å². The van der Waals surface area contributed by atoms with Crippen molar-refractivity contribution in [3.8, 4) is 0 Å². The Morgan fingerprint density at radius 2 is 1.75 bits per heavy atom. The summed E-state index contributed by atoms with van der Waals surface area (Å²) in [6.07, 6.45) is -3.69. The normalized spacial score (nSPS) is 12.6. The van der Waals surface area contributed by atoms with E-state index < -0.39 is 23.2 Å². The number of aromatic nitrogens is 2. The van der Waals surface area contributed by atoms with Gasteiger partial charge in [-0.3, -0.25) is 9.36 Å². The van der Waals surface area contributed by atoms with Crippen LogP contribution in [0.4, 0.5) is 17.6 Å². The molecule has 0 radical (unpaired) electrons. The van der Waals surface area contributed by atoms with Gasteiger partial charge in [0.05, 0.1) is 11.2 Å². The van der Waals surface area contributed by atoms with Gasteiger partial charge in [0.25, 0.3) is 5.56 Å². The highest BCUT2D eigenvalue weighted by Crippen LogP contribution is 2.25. The minimum Gasteiger partial charge on any atom is -0.268 e. The molecule has 0 saturated carbocycles. The van der Waals surface area contributed by atoms with Crippen LogP contribution in [0.3, 0.4) is 0 Å². The molecule has 0 saturated heterocycles. The lowest BCUT2D eigenvalue weighted by atomic mass is 10.1. The van der Waals surface area contributed by atoms with E-state index in [4.69, 9.17) is 0 Å². The third-order valence-electron chi connectivity index (χ3n) is 3.37. The molecule has 1 heterocycles. The summed E-state index contributed by atoms with van der Waals surface area (Å²) in [5.74, 6) is -0.834. The van der Waals surface area contributed by atoms with Gasteiger partial charge in [-0.1, -0.05) is 36.4 Å². The Balaban J connectivity index is 2.33. The van der Waals surface area contributed by atoms with Crippen LogP contribution in [0.25, 0.3) is 16.6 Å². The van der Waals surface area contributed by atoms with Gasteiger partial charge < -0.3 is 0 Å². The Hall–Kier alpha value is -2.96. The van der Waals surface area contributed by atoms with Crippen molar-refractivity contribution in [2.24, 2.45) is 0 Å². The molecule has 0 N–H and O–H groups in total. The first-order chi connectivity index (χ1) is 11.4. The average molecular weight is 334 g/mol. The van der Waals surface area contributed by atoms with Gasteiger partial charge in [-0.2, -0.15) is 13.2 Å². The third-order valence-corrected chi connectivity index (χ3v) is 3.37. The highest BCUT2D eigenvalue weighted by Gasteiger charge is 2.26. The van der Waals surface area contributed by atoms with Crippen LogP contribution >= 0.6 is 0 Å². The van der Waals surface area contributed by atoms with E-state index in [1.54, 1.807) is 18.2 Å². The van der Waals surface area contributed by atoms with Crippen LogP contribution in [0.5, 0.6) is 0 Å². The molecule has 0 aliphatic rings. The maximum absolute atomic E-state index is 13.9. The number of alkyl halides is 3. The molecule has 1 aromatic heterocycles. The highest BCUT2D eigenvalue weighted by atomic mass is 19.4. The molecule has 0 fully saturated rings. The molecular weight excluding hydrogens is 324 g/mol. The van der Waals surface area contributed by atoms with Crippen molar-refractivity contribution in [1.29, 1.82) is 0 Å². The maximum atomic E-state index is 13.9. The van der Waals surface area contributed by atoms with Crippen LogP contribution in [0.15, 0.2) is 65.7 Å². The summed E-state index contributed by atoms with van der Waals surface area (Å²) < 4.78 is 53.4. The van der Waals surface area contributed by atoms with Crippen LogP contribution in [-0.4, -0.2) is 15.7 Å². The molecule has 0 aliphatic heterocycles. The summed E-state index contributed by atoms with van der Waals surface area (Å²) >= 11 is 0. The molecule has 122 valence electrons. The molecule has 0 amide bonds. The summed E-state index contributed by atoms with van der Waals surface area (Å²) in [6.45, 7) is 0. The van der Waals surface area contributed by atoms with Gasteiger partial charge in [-0.25, -0.2) is 9.37 Å². The van der Waals surface area contributed by atoms with Gasteiger partial charge in [0, 0.05) is 6.08 Å². The number of halogens is 4. The standard InChI is InChI=1S/C17H10F4N2O/c18-12-7-4-8-13-15(12)16(24)23(10-22-13)14(9-17(19,20)21)11-5-2-1-3-6-11/h1-10H/b14-9-. The van der Waals surface area contributed by atoms with E-state index in [0.717, 1.165) is 12.4 Å². The fraction of sp³-hybridized carbons (Fsp3) is 0.0588. The summed E-state index contributed by atoms with van der Waals surface area (Å²) in [4.78, 5) is 16.4. The van der Waals surface area contributed by atoms with E-state index in [2.05, 4.69) is 4.98 Å². The van der Waals surface area contributed by atoms with Crippen molar-refractivity contribution in [3.63, 3.8) is 0 Å². The van der Waals surface area contributed by atoms with Crippen molar-refractivity contribution < 1.29 is 17.6 Å². The SMILES string of the molecule is O=c1c2c(F)cccc2ncn1/C(=C\C(F)(F)F)c1ccccc1. The summed E-state index contributed by atoms with van der Waals surface area (Å²) in [7, 11) is 0. The van der Waals surface area contributed by atoms with Gasteiger partial charge >= 0.3 is 6.18 Å². The van der Waals surface area contributed by atoms with E-state index in [9.17, 15) is 22.4 Å². The van der Waals surface area contributed by atoms with Crippen LogP contribution in [0.1, 0.15) is 5.56 Å². The van der Waals surface area contributed by atoms with E-state index >= 15 is 0 Å². The molecular formula is C17H10F4N2O. The van der Waals surface area contributed by atoms with Crippen LogP contribution in [0.2, 0.25) is 0 Å². The predicted octanol–water partition coefficient (Wildman–Crippen LogP) is 3.99. The second kappa shape index (κ2) is 5.92. The zero-order chi connectivity index (χ0) is 17.3. The van der Waals surface area contributed by atoms with Crippen LogP contribution in [-0.2, 0) is 0 Å². The molecule has 7 heteroatoms. The number of hydrogen-bond acceptors (Lipinski definition) is 2. The van der Waals surface area contributed by atoms with Crippen LogP contribution in [0, 0.1) is 5.82 Å². The maximum Gasteiger partial charge on any atom is 0.411 e. The number of benzene rings is 2. The Morgan fingerprint density at radius 1 is 1.04 bits per heavy atom. The van der Waals surface area contributed by atoms with Gasteiger partial charge in [-0.15, -0.1) is 0 Å². The predicted molar refractivity (Wildman–Crippen MR) is 81.8 cm³/mol. The van der Waals surface area contributed by atoms with E-state index in [0.29, 0.717) is 4.57 Å². The second-order valence-electron chi connectivity index (χ2n) is 4.99. The summed E-state index contributed by atoms with van der Waals surface area (Å²) in [6, 6.07) is 11.4. The molecule has 3 rings (SSSR count). The Bertz CT molecular complexity index is 975. The molecule has 2 aromatic carbocycles. The van der Waals surface area contributed by atoms with E-state index in [1.165, 1.54) is 24.3 Å². The van der Waals surface area contributed by atoms with Gasteiger partial charge in [0.15, 0.2) is 0 Å². The zero-order valence-corrected chi connectivity index (χ0v) is 12.1. The summed E-state index contributed by atoms with van der Waals surface area (Å²) in [5, 5.41) is -0.357. The highest BCUT2D eigenvalue weighted by molar-refractivity contribution is 5.79. The van der Waals surface area contributed by atoms with Gasteiger partial charge in [0.2, 0.25) is 0 Å². The van der Waals surface area contributed by atoms with Gasteiger partial charge in [0.1, 0.15) is 17.5 Å². The van der Waals surface area contributed by atoms with Crippen molar-refractivity contribution in [2.75, 3.05) is 0 Å². The van der Waals surface area contributed by atoms with Crippen molar-refractivity contribution in [3.05, 3.63) is 82.7 Å². The lowest BCUT2D eigenvalue weighted by Crippen LogP contribution is -2.22. The lowest BCUT2D eigenvalue weighted by molar-refractivity contribution is -0.0795. The number of rotatable bonds is 2. The first-order valence-electron chi connectivity index (χ1n) is 6.88. The monoisotopic (exact) mass is 334 g/mol. The molecule has 0 aliphatic carbocycles. The number of fused-ring (bicyclic) bond motifs is 1. The first-order valence-corrected chi connectivity index (χ1v) is 6.88. The van der Waals surface area contributed by atoms with Crippen LogP contribution < -0.4 is 5.56 Å². The lowest BCUT2D eigenvalue weighted by Gasteiger charge is -2.13. The third kappa shape index (κ3) is 3.05. The number of allylic oxidation sites excluding steroid dienone is 1. The largest absolute Gasteiger partial charge is 0.411 e. The number of nitrogens with zero attached hydrogens (tertiary/aromatic N) is 2. The fourth-order valence-electron chi connectivity index (χ4n) is 2.35. The average Bonchev–Trinajstić information content (AvgIpc) is 2.53. The molecule has 0 atom stereocenters. The summed E-state index contributed by atoms with van der Waals surface area (Å²) in [5.41, 5.74) is -1.09. The molecule has 0 unspecified atom stereocenters. The fourth-order valence-corrected chi connectivity index (χ4v) is 2.35. The Morgan fingerprint density at radius 3 is 2.42 bits per heavy atom. The Labute approximate surface area is 133 Å². The van der Waals surface area contributed by atoms with Gasteiger partial charge in [-0.05, 0) is 17.7 Å². The molecule has 0 bridgehead atoms. The first kappa shape index (κ1) is 15.9. The number of hydrogen-bond donors (Lipinski definition) is 0. The smallest absolute Gasteiger partial charge is 0.268 e. The second-order valence-corrected chi connectivity index (χ2v) is 4.99. The minimum atomic E-state index is -4.66. The van der Waals surface area contributed by atoms with Crippen molar-refractivity contribution >= 4 is 16.6 Å². The quantitative estimate of drug-likeness (QED) is 0.664.